The lowest BCUT2D eigenvalue weighted by atomic mass is 10.1. The number of aliphatic carboxylic acids is 1. The van der Waals surface area contributed by atoms with E-state index in [2.05, 4.69) is 257 Å². The van der Waals surface area contributed by atoms with Crippen LogP contribution in [0.25, 0.3) is 0 Å². The Hall–Kier alpha value is -6.91. The third-order valence-corrected chi connectivity index (χ3v) is 14.6. The van der Waals surface area contributed by atoms with Crippen LogP contribution in [-0.4, -0.2) is 82.3 Å². The molecule has 538 valence electrons. The number of likely N-dealkylation sites (N-methyl/N-ethyl adjacent to an activating group) is 1. The predicted molar refractivity (Wildman–Crippen MR) is 416 cm³/mol. The van der Waals surface area contributed by atoms with Gasteiger partial charge in [0.25, 0.3) is 0 Å². The first-order valence-electron chi connectivity index (χ1n) is 37.2. The van der Waals surface area contributed by atoms with Crippen LogP contribution < -0.4 is 5.11 Å². The lowest BCUT2D eigenvalue weighted by Gasteiger charge is -2.26. The standard InChI is InChI=1S/C88H133NO8/c1-6-8-10-12-14-16-18-20-22-24-26-28-30-32-34-36-38-40-42-43-45-47-49-51-53-55-57-59-61-63-65-67-69-71-73-75-77-79-86(91)97-84(83-96-88(87(92)93)94-81-80-89(3,4)5)82-95-85(90)78-76-74-72-70-68-66-64-62-60-58-56-54-52-50-48-46-44-41-39-37-35-33-31-29-27-25-23-21-19-17-15-13-11-9-7-2/h8-11,14-17,20-23,26-29,32-35,38-41,43,45-46,48-49,51-52,54-55,57-58,60-61,63-64,66,84,88H,6-7,12-13,18-19,24-25,30-31,36-37,42,44,47,50,53,56,59,62,65,67-83H2,1-5H3/b10-8-,11-9-,16-14-,17-15-,22-20-,23-21-,28-26-,29-27-,34-32-,35-33-,40-38-,41-39-,45-43-,48-46-,51-49-,54-52-,57-55-,60-58-,63-61-,66-64-. The van der Waals surface area contributed by atoms with Crippen molar-refractivity contribution in [2.24, 2.45) is 0 Å². The van der Waals surface area contributed by atoms with E-state index >= 15 is 0 Å². The Kier molecular flexibility index (Phi) is 69.5. The highest BCUT2D eigenvalue weighted by Gasteiger charge is 2.22. The Balaban J connectivity index is 4.30. The third kappa shape index (κ3) is 76.3. The van der Waals surface area contributed by atoms with Gasteiger partial charge in [0.15, 0.2) is 12.4 Å². The van der Waals surface area contributed by atoms with E-state index < -0.39 is 30.3 Å². The molecule has 0 aliphatic rings. The minimum absolute atomic E-state index is 0.126. The van der Waals surface area contributed by atoms with Gasteiger partial charge in [0.05, 0.1) is 40.3 Å². The molecule has 0 aliphatic heterocycles. The van der Waals surface area contributed by atoms with Crippen LogP contribution in [0.3, 0.4) is 0 Å². The molecule has 0 aliphatic carbocycles. The fourth-order valence-corrected chi connectivity index (χ4v) is 9.00. The fourth-order valence-electron chi connectivity index (χ4n) is 9.00. The molecule has 0 amide bonds. The van der Waals surface area contributed by atoms with Gasteiger partial charge in [0, 0.05) is 12.8 Å². The molecule has 0 heterocycles. The smallest absolute Gasteiger partial charge is 0.306 e. The van der Waals surface area contributed by atoms with E-state index in [4.69, 9.17) is 18.9 Å². The molecule has 0 aromatic heterocycles. The van der Waals surface area contributed by atoms with Crippen molar-refractivity contribution in [3.8, 4) is 0 Å². The topological polar surface area (TPSA) is 111 Å². The highest BCUT2D eigenvalue weighted by atomic mass is 16.7. The molecule has 2 unspecified atom stereocenters. The number of carboxylic acids is 1. The Morgan fingerprint density at radius 3 is 0.825 bits per heavy atom. The van der Waals surface area contributed by atoms with Gasteiger partial charge in [-0.05, 0) is 167 Å². The first-order valence-corrected chi connectivity index (χ1v) is 37.2. The summed E-state index contributed by atoms with van der Waals surface area (Å²) >= 11 is 0. The SMILES string of the molecule is CC/C=C\C/C=C\C/C=C\C/C=C\C/C=C\C/C=C\C/C=C\C/C=C\C/C=C\C/C=C\CCCCCCCCC(=O)OC(COC(=O)CCCCCC/C=C\C/C=C\C/C=C\C/C=C\C/C=C\C/C=C\C/C=C\C/C=C\C/C=C\C/C=C\CC)COC(OCC[N+](C)(C)C)C(=O)[O-]. The number of nitrogens with zero attached hydrogens (tertiary/aromatic N) is 1. The Bertz CT molecular complexity index is 2500. The van der Waals surface area contributed by atoms with E-state index in [0.29, 0.717) is 23.9 Å². The quantitative estimate of drug-likeness (QED) is 0.0195. The third-order valence-electron chi connectivity index (χ3n) is 14.6. The number of allylic oxidation sites excluding steroid dienone is 40. The van der Waals surface area contributed by atoms with Gasteiger partial charge in [-0.3, -0.25) is 9.59 Å². The van der Waals surface area contributed by atoms with Crippen molar-refractivity contribution >= 4 is 17.9 Å². The Labute approximate surface area is 592 Å². The number of esters is 2. The lowest BCUT2D eigenvalue weighted by molar-refractivity contribution is -0.870. The normalized spacial score (nSPS) is 14.1. The highest BCUT2D eigenvalue weighted by Crippen LogP contribution is 2.13. The number of hydrogen-bond acceptors (Lipinski definition) is 8. The molecule has 0 saturated heterocycles. The molecule has 0 aromatic rings. The summed E-state index contributed by atoms with van der Waals surface area (Å²) in [5.74, 6) is -2.37. The zero-order chi connectivity index (χ0) is 70.4. The van der Waals surface area contributed by atoms with Gasteiger partial charge in [-0.2, -0.15) is 0 Å². The van der Waals surface area contributed by atoms with Crippen molar-refractivity contribution in [3.05, 3.63) is 243 Å². The Morgan fingerprint density at radius 1 is 0.309 bits per heavy atom. The summed E-state index contributed by atoms with van der Waals surface area (Å²) in [5.41, 5.74) is 0. The number of quaternary nitrogens is 1. The van der Waals surface area contributed by atoms with E-state index in [0.717, 1.165) is 193 Å². The molecule has 0 radical (unpaired) electrons. The van der Waals surface area contributed by atoms with E-state index in [9.17, 15) is 19.5 Å². The van der Waals surface area contributed by atoms with E-state index in [-0.39, 0.29) is 32.7 Å². The van der Waals surface area contributed by atoms with Gasteiger partial charge < -0.3 is 33.3 Å². The maximum Gasteiger partial charge on any atom is 0.306 e. The number of carbonyl (C=O) groups excluding carboxylic acids is 3. The van der Waals surface area contributed by atoms with Gasteiger partial charge in [-0.15, -0.1) is 0 Å². The van der Waals surface area contributed by atoms with Crippen LogP contribution in [-0.2, 0) is 33.3 Å². The first kappa shape index (κ1) is 90.1. The van der Waals surface area contributed by atoms with Crippen LogP contribution in [0.4, 0.5) is 0 Å². The number of hydrogen-bond donors (Lipinski definition) is 0. The molecule has 2 atom stereocenters. The van der Waals surface area contributed by atoms with Gasteiger partial charge in [0.2, 0.25) is 0 Å². The van der Waals surface area contributed by atoms with E-state index in [1.54, 1.807) is 0 Å². The summed E-state index contributed by atoms with van der Waals surface area (Å²) in [5, 5.41) is 11.8. The molecule has 0 fully saturated rings. The first-order chi connectivity index (χ1) is 47.6. The molecule has 0 rings (SSSR count). The van der Waals surface area contributed by atoms with Crippen molar-refractivity contribution in [2.45, 2.75) is 245 Å². The average Bonchev–Trinajstić information content (AvgIpc) is 3.11. The molecule has 0 spiro atoms. The lowest BCUT2D eigenvalue weighted by Crippen LogP contribution is -2.44. The monoisotopic (exact) mass is 1330 g/mol. The molecule has 0 aromatic carbocycles. The molecule has 9 nitrogen and oxygen atoms in total. The van der Waals surface area contributed by atoms with Gasteiger partial charge >= 0.3 is 11.9 Å². The summed E-state index contributed by atoms with van der Waals surface area (Å²) in [7, 11) is 5.90. The second kappa shape index (κ2) is 74.9. The van der Waals surface area contributed by atoms with Crippen LogP contribution in [0.2, 0.25) is 0 Å². The van der Waals surface area contributed by atoms with Crippen molar-refractivity contribution in [1.29, 1.82) is 0 Å². The number of carbonyl (C=O) groups is 3. The molecule has 0 bridgehead atoms. The molecule has 9 heteroatoms. The summed E-state index contributed by atoms with van der Waals surface area (Å²) in [4.78, 5) is 37.5. The maximum atomic E-state index is 13.0. The zero-order valence-electron chi connectivity index (χ0n) is 61.3. The van der Waals surface area contributed by atoms with Crippen molar-refractivity contribution in [1.82, 2.24) is 0 Å². The second-order valence-electron chi connectivity index (χ2n) is 24.8. The van der Waals surface area contributed by atoms with E-state index in [1.165, 1.54) is 0 Å². The molecular weight excluding hydrogens is 1200 g/mol. The van der Waals surface area contributed by atoms with Gasteiger partial charge in [-0.1, -0.05) is 295 Å². The van der Waals surface area contributed by atoms with Crippen molar-refractivity contribution in [2.75, 3.05) is 47.5 Å². The van der Waals surface area contributed by atoms with E-state index in [1.807, 2.05) is 21.1 Å². The largest absolute Gasteiger partial charge is 0.545 e. The second-order valence-corrected chi connectivity index (χ2v) is 24.8. The minimum Gasteiger partial charge on any atom is -0.545 e. The Morgan fingerprint density at radius 2 is 0.557 bits per heavy atom. The minimum atomic E-state index is -1.65. The van der Waals surface area contributed by atoms with Gasteiger partial charge in [-0.25, -0.2) is 0 Å². The molecular formula is C88H133NO8. The summed E-state index contributed by atoms with van der Waals surface area (Å²) < 4.78 is 22.7. The predicted octanol–water partition coefficient (Wildman–Crippen LogP) is 22.7. The summed E-state index contributed by atoms with van der Waals surface area (Å²) in [6.07, 6.45) is 118. The zero-order valence-corrected chi connectivity index (χ0v) is 61.3. The molecule has 0 saturated carbocycles. The average molecular weight is 1330 g/mol. The van der Waals surface area contributed by atoms with Crippen molar-refractivity contribution in [3.63, 3.8) is 0 Å². The summed E-state index contributed by atoms with van der Waals surface area (Å²) in [6, 6.07) is 0. The number of rotatable bonds is 65. The number of carboxylic acid groups (broad SMARTS) is 1. The number of ether oxygens (including phenoxy) is 4. The van der Waals surface area contributed by atoms with Crippen LogP contribution >= 0.6 is 0 Å². The van der Waals surface area contributed by atoms with Crippen LogP contribution in [0.1, 0.15) is 232 Å². The van der Waals surface area contributed by atoms with Crippen molar-refractivity contribution < 1.29 is 42.9 Å². The number of unbranched alkanes of at least 4 members (excludes halogenated alkanes) is 10. The summed E-state index contributed by atoms with van der Waals surface area (Å²) in [6.45, 7) is 4.43. The highest BCUT2D eigenvalue weighted by molar-refractivity contribution is 5.70. The van der Waals surface area contributed by atoms with Crippen LogP contribution in [0, 0.1) is 0 Å². The molecule has 97 heavy (non-hydrogen) atoms. The molecule has 0 N–H and O–H groups in total. The maximum absolute atomic E-state index is 13.0. The van der Waals surface area contributed by atoms with Gasteiger partial charge in [0.1, 0.15) is 13.2 Å². The fraction of sp³-hybridized carbons (Fsp3) is 0.511. The van der Waals surface area contributed by atoms with Crippen LogP contribution in [0.15, 0.2) is 243 Å². The van der Waals surface area contributed by atoms with Crippen LogP contribution in [0.5, 0.6) is 0 Å².